The average Bonchev–Trinajstić information content (AvgIpc) is 3.24. The van der Waals surface area contributed by atoms with E-state index in [4.69, 9.17) is 0 Å². The van der Waals surface area contributed by atoms with Crippen LogP contribution in [0.5, 0.6) is 0 Å². The molecule has 2 saturated carbocycles. The predicted molar refractivity (Wildman–Crippen MR) is 113 cm³/mol. The summed E-state index contributed by atoms with van der Waals surface area (Å²) in [7, 11) is -0.243. The van der Waals surface area contributed by atoms with Crippen LogP contribution in [0.25, 0.3) is 0 Å². The Balaban J connectivity index is 0.000000415. The Morgan fingerprint density at radius 1 is 0.750 bits per heavy atom. The SMILES string of the molecule is CCC1[CH-]C2C=CC=CC2C1.CCC1[CH-]C2C=CC=CC2C1.[CH3][Ge]([CH3])=[Zr+2].[Cl-].[Cl-]. The summed E-state index contributed by atoms with van der Waals surface area (Å²) in [6.45, 7) is 4.57. The molecule has 0 nitrogen and oxygen atoms in total. The summed E-state index contributed by atoms with van der Waals surface area (Å²) in [6, 6.07) is 0. The Hall–Kier alpha value is 0.966. The van der Waals surface area contributed by atoms with Crippen LogP contribution in [0.15, 0.2) is 48.6 Å². The van der Waals surface area contributed by atoms with E-state index >= 15 is 0 Å². The fraction of sp³-hybridized carbons (Fsp3) is 0.583. The van der Waals surface area contributed by atoms with Crippen molar-refractivity contribution >= 4 is 9.98 Å². The van der Waals surface area contributed by atoms with Crippen LogP contribution >= 0.6 is 0 Å². The normalized spacial score (nSPS) is 33.2. The third-order valence-corrected chi connectivity index (χ3v) is 5.78. The molecule has 0 aliphatic heterocycles. The van der Waals surface area contributed by atoms with Crippen molar-refractivity contribution in [2.45, 2.75) is 51.0 Å². The van der Waals surface area contributed by atoms with Crippen LogP contribution in [0.3, 0.4) is 0 Å². The molecule has 2 fully saturated rings. The minimum atomic E-state index is -0.243. The molecule has 6 atom stereocenters. The third-order valence-electron chi connectivity index (χ3n) is 5.78. The predicted octanol–water partition coefficient (Wildman–Crippen LogP) is 0.750. The maximum atomic E-state index is 2.52. The molecule has 0 N–H and O–H groups in total. The Morgan fingerprint density at radius 3 is 1.36 bits per heavy atom. The molecule has 6 unspecified atom stereocenters. The number of allylic oxidation sites excluding steroid dienone is 8. The second-order valence-corrected chi connectivity index (χ2v) is 25.2. The molecule has 0 radical (unpaired) electrons. The van der Waals surface area contributed by atoms with E-state index in [0.717, 1.165) is 35.5 Å². The van der Waals surface area contributed by atoms with Gasteiger partial charge in [0.25, 0.3) is 0 Å². The van der Waals surface area contributed by atoms with Crippen LogP contribution < -0.4 is 24.8 Å². The number of rotatable bonds is 2. The number of fused-ring (bicyclic) bond motifs is 2. The third kappa shape index (κ3) is 9.85. The molecule has 0 heterocycles. The van der Waals surface area contributed by atoms with Gasteiger partial charge in [0, 0.05) is 0 Å². The molecule has 0 aromatic rings. The van der Waals surface area contributed by atoms with Crippen LogP contribution in [0.1, 0.15) is 39.5 Å². The summed E-state index contributed by atoms with van der Waals surface area (Å²) in [5, 5.41) is 0. The average molecular weight is 559 g/mol. The van der Waals surface area contributed by atoms with Gasteiger partial charge in [-0.05, 0) is 11.8 Å². The van der Waals surface area contributed by atoms with Gasteiger partial charge in [-0.25, -0.2) is 0 Å². The van der Waals surface area contributed by atoms with Crippen LogP contribution in [0.2, 0.25) is 11.5 Å². The zero-order valence-electron chi connectivity index (χ0n) is 17.8. The fourth-order valence-corrected chi connectivity index (χ4v) is 4.32. The van der Waals surface area contributed by atoms with E-state index in [1.54, 1.807) is 21.6 Å². The van der Waals surface area contributed by atoms with Gasteiger partial charge in [0.1, 0.15) is 0 Å². The van der Waals surface area contributed by atoms with Crippen molar-refractivity contribution in [3.05, 3.63) is 61.4 Å². The van der Waals surface area contributed by atoms with E-state index in [1.807, 2.05) is 0 Å². The smallest absolute Gasteiger partial charge is 1.00 e. The minimum Gasteiger partial charge on any atom is -1.00 e. The van der Waals surface area contributed by atoms with Gasteiger partial charge in [-0.15, -0.1) is 24.0 Å². The second kappa shape index (κ2) is 15.7. The Kier molecular flexibility index (Phi) is 16.3. The first-order chi connectivity index (χ1) is 12.5. The summed E-state index contributed by atoms with van der Waals surface area (Å²) in [5.41, 5.74) is 0. The summed E-state index contributed by atoms with van der Waals surface area (Å²) in [5.74, 6) is 9.65. The van der Waals surface area contributed by atoms with Gasteiger partial charge in [-0.3, -0.25) is 0 Å². The molecule has 4 rings (SSSR count). The van der Waals surface area contributed by atoms with Crippen molar-refractivity contribution < 1.29 is 46.4 Å². The van der Waals surface area contributed by atoms with Crippen molar-refractivity contribution in [2.24, 2.45) is 35.5 Å². The van der Waals surface area contributed by atoms with Gasteiger partial charge >= 0.3 is 43.1 Å². The Labute approximate surface area is 202 Å². The summed E-state index contributed by atoms with van der Waals surface area (Å²) in [4.78, 5) is 0. The van der Waals surface area contributed by atoms with Crippen LogP contribution in [0.4, 0.5) is 0 Å². The minimum absolute atomic E-state index is 0. The maximum absolute atomic E-state index is 2.52. The van der Waals surface area contributed by atoms with E-state index in [9.17, 15) is 0 Å². The van der Waals surface area contributed by atoms with Crippen LogP contribution in [0, 0.1) is 48.3 Å². The monoisotopic (exact) mass is 558 g/mol. The van der Waals surface area contributed by atoms with E-state index in [0.29, 0.717) is 0 Å². The van der Waals surface area contributed by atoms with E-state index in [1.165, 1.54) is 25.7 Å². The largest absolute Gasteiger partial charge is 1.00 e. The molecule has 4 aliphatic rings. The van der Waals surface area contributed by atoms with Crippen molar-refractivity contribution in [1.82, 2.24) is 0 Å². The first-order valence-corrected chi connectivity index (χ1v) is 22.1. The molecule has 156 valence electrons. The van der Waals surface area contributed by atoms with Gasteiger partial charge in [-0.1, -0.05) is 76.0 Å². The van der Waals surface area contributed by atoms with E-state index < -0.39 is 0 Å². The molecule has 0 saturated heterocycles. The van der Waals surface area contributed by atoms with Crippen molar-refractivity contribution in [2.75, 3.05) is 0 Å². The number of hydrogen-bond donors (Lipinski definition) is 0. The van der Waals surface area contributed by atoms with Gasteiger partial charge in [0.2, 0.25) is 0 Å². The molecule has 0 aromatic heterocycles. The zero-order valence-corrected chi connectivity index (χ0v) is 23.9. The summed E-state index contributed by atoms with van der Waals surface area (Å²) >= 11 is 1.80. The van der Waals surface area contributed by atoms with Crippen LogP contribution in [-0.4, -0.2) is 9.98 Å². The van der Waals surface area contributed by atoms with Gasteiger partial charge in [0.05, 0.1) is 0 Å². The van der Waals surface area contributed by atoms with Gasteiger partial charge in [0.15, 0.2) is 0 Å². The summed E-state index contributed by atoms with van der Waals surface area (Å²) in [6.07, 6.45) is 28.5. The Morgan fingerprint density at radius 2 is 1.07 bits per heavy atom. The first-order valence-electron chi connectivity index (χ1n) is 10.4. The molecule has 4 heteroatoms. The molecule has 0 aromatic carbocycles. The van der Waals surface area contributed by atoms with Crippen molar-refractivity contribution in [1.29, 1.82) is 0 Å². The quantitative estimate of drug-likeness (QED) is 0.347. The molecular formula is C24H36Cl2GeZr-2. The molecule has 0 amide bonds. The molecule has 28 heavy (non-hydrogen) atoms. The zero-order chi connectivity index (χ0) is 18.9. The topological polar surface area (TPSA) is 0 Å². The van der Waals surface area contributed by atoms with Crippen LogP contribution in [-0.2, 0) is 21.6 Å². The molecule has 0 spiro atoms. The van der Waals surface area contributed by atoms with Crippen molar-refractivity contribution in [3.8, 4) is 0 Å². The first kappa shape index (κ1) is 29.0. The maximum Gasteiger partial charge on any atom is -1.00 e. The van der Waals surface area contributed by atoms with E-state index in [-0.39, 0.29) is 34.8 Å². The van der Waals surface area contributed by atoms with E-state index in [2.05, 4.69) is 86.8 Å². The fourth-order valence-electron chi connectivity index (χ4n) is 4.32. The molecule has 4 aliphatic carbocycles. The molecule has 0 bridgehead atoms. The summed E-state index contributed by atoms with van der Waals surface area (Å²) < 4.78 is 0. The van der Waals surface area contributed by atoms with Crippen molar-refractivity contribution in [3.63, 3.8) is 0 Å². The van der Waals surface area contributed by atoms with Gasteiger partial charge in [-0.2, -0.15) is 11.8 Å². The Bertz CT molecular complexity index is 479. The van der Waals surface area contributed by atoms with Gasteiger partial charge < -0.3 is 37.7 Å². The second-order valence-electron chi connectivity index (χ2n) is 8.21. The standard InChI is InChI=1S/2C11H15.C2H6Ge.2ClH.Zr/c2*1-2-9-7-10-5-3-4-6-11(10)8-9;1-3-2;;;/h2*3-7,9-11H,2,8H2,1H3;1-2H3;2*1H;/q2*-1;;;;+2/p-2. The number of halogens is 2. The molecular weight excluding hydrogens is 523 g/mol. The number of hydrogen-bond acceptors (Lipinski definition) is 0.